The van der Waals surface area contributed by atoms with Gasteiger partial charge in [0.05, 0.1) is 0 Å². The summed E-state index contributed by atoms with van der Waals surface area (Å²) in [4.78, 5) is 10.5. The minimum atomic E-state index is 0.953. The van der Waals surface area contributed by atoms with Crippen molar-refractivity contribution in [3.63, 3.8) is 0 Å². The van der Waals surface area contributed by atoms with Crippen molar-refractivity contribution < 1.29 is 0 Å². The van der Waals surface area contributed by atoms with E-state index in [4.69, 9.17) is 0 Å². The number of nitrogens with zero attached hydrogens (tertiary/aromatic N) is 3. The molecule has 0 aromatic carbocycles. The van der Waals surface area contributed by atoms with Crippen LogP contribution in [0, 0.1) is 6.92 Å². The zero-order valence-corrected chi connectivity index (χ0v) is 10.8. The van der Waals surface area contributed by atoms with Gasteiger partial charge in [-0.15, -0.1) is 0 Å². The van der Waals surface area contributed by atoms with Crippen molar-refractivity contribution in [2.24, 2.45) is 0 Å². The Bertz CT molecular complexity index is 485. The molecular formula is C12H12BrN3. The molecule has 0 bridgehead atoms. The molecule has 0 radical (unpaired) electrons. The van der Waals surface area contributed by atoms with Gasteiger partial charge in [-0.3, -0.25) is 4.98 Å². The largest absolute Gasteiger partial charge is 0.329 e. The molecule has 82 valence electrons. The first-order valence-corrected chi connectivity index (χ1v) is 5.73. The summed E-state index contributed by atoms with van der Waals surface area (Å²) < 4.78 is 0.997. The first-order chi connectivity index (χ1) is 7.68. The lowest BCUT2D eigenvalue weighted by Gasteiger charge is -2.19. The monoisotopic (exact) mass is 277 g/mol. The van der Waals surface area contributed by atoms with E-state index in [-0.39, 0.29) is 0 Å². The molecule has 2 aromatic rings. The highest BCUT2D eigenvalue weighted by atomic mass is 79.9. The highest BCUT2D eigenvalue weighted by molar-refractivity contribution is 9.10. The summed E-state index contributed by atoms with van der Waals surface area (Å²) in [5.41, 5.74) is 2.21. The number of aromatic nitrogens is 2. The average Bonchev–Trinajstić information content (AvgIpc) is 2.29. The molecule has 0 aliphatic carbocycles. The number of hydrogen-bond donors (Lipinski definition) is 0. The maximum absolute atomic E-state index is 4.41. The fraction of sp³-hybridized carbons (Fsp3) is 0.167. The van der Waals surface area contributed by atoms with E-state index in [0.717, 1.165) is 21.5 Å². The second-order valence-electron chi connectivity index (χ2n) is 3.56. The molecular weight excluding hydrogens is 266 g/mol. The third-order valence-electron chi connectivity index (χ3n) is 2.38. The number of rotatable bonds is 2. The second-order valence-corrected chi connectivity index (χ2v) is 4.47. The maximum atomic E-state index is 4.41. The average molecular weight is 278 g/mol. The van der Waals surface area contributed by atoms with Crippen LogP contribution < -0.4 is 4.90 Å². The van der Waals surface area contributed by atoms with Crippen molar-refractivity contribution >= 4 is 27.4 Å². The molecule has 0 amide bonds. The minimum Gasteiger partial charge on any atom is -0.329 e. The summed E-state index contributed by atoms with van der Waals surface area (Å²) in [6.07, 6.45) is 5.36. The van der Waals surface area contributed by atoms with Gasteiger partial charge in [0, 0.05) is 35.8 Å². The molecule has 0 fully saturated rings. The lowest BCUT2D eigenvalue weighted by Crippen LogP contribution is -2.12. The predicted molar refractivity (Wildman–Crippen MR) is 69.0 cm³/mol. The van der Waals surface area contributed by atoms with Crippen LogP contribution in [-0.2, 0) is 0 Å². The molecule has 0 N–H and O–H groups in total. The molecule has 2 aromatic heterocycles. The van der Waals surface area contributed by atoms with Crippen LogP contribution in [0.4, 0.5) is 11.5 Å². The van der Waals surface area contributed by atoms with Crippen LogP contribution in [-0.4, -0.2) is 17.0 Å². The van der Waals surface area contributed by atoms with Crippen LogP contribution in [0.1, 0.15) is 5.56 Å². The van der Waals surface area contributed by atoms with Crippen molar-refractivity contribution in [3.8, 4) is 0 Å². The van der Waals surface area contributed by atoms with Crippen LogP contribution >= 0.6 is 15.9 Å². The normalized spacial score (nSPS) is 10.2. The molecule has 2 rings (SSSR count). The first kappa shape index (κ1) is 11.1. The molecule has 2 heterocycles. The van der Waals surface area contributed by atoms with Crippen LogP contribution in [0.5, 0.6) is 0 Å². The van der Waals surface area contributed by atoms with Crippen LogP contribution in [0.25, 0.3) is 0 Å². The number of halogens is 1. The van der Waals surface area contributed by atoms with Crippen molar-refractivity contribution in [2.45, 2.75) is 6.92 Å². The first-order valence-electron chi connectivity index (χ1n) is 4.94. The van der Waals surface area contributed by atoms with Crippen molar-refractivity contribution in [2.75, 3.05) is 11.9 Å². The van der Waals surface area contributed by atoms with E-state index in [9.17, 15) is 0 Å². The van der Waals surface area contributed by atoms with E-state index in [1.165, 1.54) is 0 Å². The summed E-state index contributed by atoms with van der Waals surface area (Å²) >= 11 is 3.41. The predicted octanol–water partition coefficient (Wildman–Crippen LogP) is 3.32. The fourth-order valence-corrected chi connectivity index (χ4v) is 2.02. The van der Waals surface area contributed by atoms with Gasteiger partial charge in [0.1, 0.15) is 5.82 Å². The molecule has 3 nitrogen and oxygen atoms in total. The molecule has 16 heavy (non-hydrogen) atoms. The molecule has 0 saturated carbocycles. The van der Waals surface area contributed by atoms with Gasteiger partial charge in [0.25, 0.3) is 0 Å². The SMILES string of the molecule is Cc1cc(Br)cnc1N(C)c1ccncc1. The summed E-state index contributed by atoms with van der Waals surface area (Å²) in [7, 11) is 2.00. The summed E-state index contributed by atoms with van der Waals surface area (Å²) in [6.45, 7) is 2.05. The van der Waals surface area contributed by atoms with E-state index in [1.807, 2.05) is 31.0 Å². The number of anilines is 2. The van der Waals surface area contributed by atoms with Crippen molar-refractivity contribution in [1.82, 2.24) is 9.97 Å². The third kappa shape index (κ3) is 2.22. The highest BCUT2D eigenvalue weighted by Crippen LogP contribution is 2.25. The van der Waals surface area contributed by atoms with Crippen molar-refractivity contribution in [3.05, 3.63) is 46.8 Å². The number of hydrogen-bond acceptors (Lipinski definition) is 3. The Morgan fingerprint density at radius 2 is 1.94 bits per heavy atom. The van der Waals surface area contributed by atoms with Crippen LogP contribution in [0.2, 0.25) is 0 Å². The van der Waals surface area contributed by atoms with Gasteiger partial charge in [-0.1, -0.05) is 0 Å². The summed E-state index contributed by atoms with van der Waals surface area (Å²) in [5, 5.41) is 0. The zero-order valence-electron chi connectivity index (χ0n) is 9.18. The van der Waals surface area contributed by atoms with Gasteiger partial charge in [0.2, 0.25) is 0 Å². The Balaban J connectivity index is 2.38. The fourth-order valence-electron chi connectivity index (χ4n) is 1.57. The number of aryl methyl sites for hydroxylation is 1. The quantitative estimate of drug-likeness (QED) is 0.843. The molecule has 0 atom stereocenters. The Kier molecular flexibility index (Phi) is 3.19. The van der Waals surface area contributed by atoms with Gasteiger partial charge in [-0.05, 0) is 46.6 Å². The van der Waals surface area contributed by atoms with E-state index >= 15 is 0 Å². The van der Waals surface area contributed by atoms with Gasteiger partial charge >= 0.3 is 0 Å². The Hall–Kier alpha value is -1.42. The Labute approximate surface area is 103 Å². The van der Waals surface area contributed by atoms with E-state index in [2.05, 4.69) is 32.0 Å². The molecule has 0 saturated heterocycles. The lowest BCUT2D eigenvalue weighted by molar-refractivity contribution is 1.09. The topological polar surface area (TPSA) is 29.0 Å². The van der Waals surface area contributed by atoms with Crippen molar-refractivity contribution in [1.29, 1.82) is 0 Å². The van der Waals surface area contributed by atoms with Crippen LogP contribution in [0.15, 0.2) is 41.3 Å². The summed E-state index contributed by atoms with van der Waals surface area (Å²) in [6, 6.07) is 5.98. The number of pyridine rings is 2. The van der Waals surface area contributed by atoms with Gasteiger partial charge in [0.15, 0.2) is 0 Å². The molecule has 0 spiro atoms. The molecule has 4 heteroatoms. The van der Waals surface area contributed by atoms with Crippen LogP contribution in [0.3, 0.4) is 0 Å². The van der Waals surface area contributed by atoms with E-state index in [0.29, 0.717) is 0 Å². The summed E-state index contributed by atoms with van der Waals surface area (Å²) in [5.74, 6) is 0.953. The highest BCUT2D eigenvalue weighted by Gasteiger charge is 2.08. The van der Waals surface area contributed by atoms with Gasteiger partial charge in [-0.2, -0.15) is 0 Å². The van der Waals surface area contributed by atoms with Gasteiger partial charge < -0.3 is 4.90 Å². The van der Waals surface area contributed by atoms with E-state index in [1.54, 1.807) is 18.6 Å². The van der Waals surface area contributed by atoms with Gasteiger partial charge in [-0.25, -0.2) is 4.98 Å². The minimum absolute atomic E-state index is 0.953. The standard InChI is InChI=1S/C12H12BrN3/c1-9-7-10(13)8-15-12(9)16(2)11-3-5-14-6-4-11/h3-8H,1-2H3. The Morgan fingerprint density at radius 3 is 2.56 bits per heavy atom. The smallest absolute Gasteiger partial charge is 0.135 e. The molecule has 0 aliphatic heterocycles. The second kappa shape index (κ2) is 4.61. The third-order valence-corrected chi connectivity index (χ3v) is 2.82. The lowest BCUT2D eigenvalue weighted by atomic mass is 10.2. The Morgan fingerprint density at radius 1 is 1.25 bits per heavy atom. The zero-order chi connectivity index (χ0) is 11.5. The molecule has 0 aliphatic rings. The molecule has 0 unspecified atom stereocenters. The van der Waals surface area contributed by atoms with E-state index < -0.39 is 0 Å². The maximum Gasteiger partial charge on any atom is 0.135 e.